The summed E-state index contributed by atoms with van der Waals surface area (Å²) in [7, 11) is 0. The van der Waals surface area contributed by atoms with E-state index in [1.165, 1.54) is 11.1 Å². The number of rotatable bonds is 2. The maximum absolute atomic E-state index is 16.5. The van der Waals surface area contributed by atoms with Gasteiger partial charge in [-0.25, -0.2) is 4.39 Å². The van der Waals surface area contributed by atoms with Crippen LogP contribution < -0.4 is 4.74 Å². The van der Waals surface area contributed by atoms with Crippen molar-refractivity contribution in [3.63, 3.8) is 0 Å². The Labute approximate surface area is 240 Å². The summed E-state index contributed by atoms with van der Waals surface area (Å²) in [6.07, 6.45) is 4.29. The van der Waals surface area contributed by atoms with Crippen LogP contribution in [0.25, 0.3) is 38.4 Å². The van der Waals surface area contributed by atoms with Crippen molar-refractivity contribution in [2.45, 2.75) is 47.1 Å². The molecule has 1 aliphatic heterocycles. The van der Waals surface area contributed by atoms with Crippen LogP contribution >= 0.6 is 0 Å². The molecule has 0 unspecified atom stereocenters. The molecular weight excluding hydrogens is 503 g/mol. The highest BCUT2D eigenvalue weighted by Crippen LogP contribution is 2.50. The molecule has 0 amide bonds. The minimum absolute atomic E-state index is 0.305. The van der Waals surface area contributed by atoms with Gasteiger partial charge < -0.3 is 4.74 Å². The molecule has 202 valence electrons. The SMILES string of the molecule is Cc1cc(C)c(C2(c3c(C)cc(C)cc3C)C=Cc3c(c(F)cc4c5ccccc5c5ccccc5c34)O2)c(C)c1. The topological polar surface area (TPSA) is 9.23 Å². The highest BCUT2D eigenvalue weighted by atomic mass is 19.1. The Morgan fingerprint density at radius 1 is 0.561 bits per heavy atom. The summed E-state index contributed by atoms with van der Waals surface area (Å²) in [4.78, 5) is 0. The van der Waals surface area contributed by atoms with Crippen LogP contribution in [0.5, 0.6) is 5.75 Å². The Kier molecular flexibility index (Phi) is 5.63. The third kappa shape index (κ3) is 3.67. The van der Waals surface area contributed by atoms with E-state index in [-0.39, 0.29) is 5.82 Å². The lowest BCUT2D eigenvalue weighted by atomic mass is 9.75. The number of benzene rings is 6. The molecule has 1 aliphatic rings. The lowest BCUT2D eigenvalue weighted by molar-refractivity contribution is 0.150. The number of fused-ring (bicyclic) bond motifs is 8. The monoisotopic (exact) mass is 536 g/mol. The second kappa shape index (κ2) is 9.04. The number of aryl methyl sites for hydroxylation is 6. The highest BCUT2D eigenvalue weighted by Gasteiger charge is 2.43. The second-order valence-corrected chi connectivity index (χ2v) is 11.8. The van der Waals surface area contributed by atoms with E-state index in [0.717, 1.165) is 71.3 Å². The summed E-state index contributed by atoms with van der Waals surface area (Å²) in [5.74, 6) is -0.0364. The maximum Gasteiger partial charge on any atom is 0.179 e. The van der Waals surface area contributed by atoms with Crippen LogP contribution in [0, 0.1) is 47.4 Å². The fourth-order valence-electron chi connectivity index (χ4n) is 7.63. The minimum Gasteiger partial charge on any atom is -0.470 e. The zero-order valence-corrected chi connectivity index (χ0v) is 24.4. The molecule has 41 heavy (non-hydrogen) atoms. The third-order valence-electron chi connectivity index (χ3n) is 8.82. The first kappa shape index (κ1) is 25.5. The Morgan fingerprint density at radius 3 is 1.51 bits per heavy atom. The molecule has 1 heterocycles. The van der Waals surface area contributed by atoms with E-state index in [4.69, 9.17) is 4.74 Å². The summed E-state index contributed by atoms with van der Waals surface area (Å²) in [6, 6.07) is 27.2. The van der Waals surface area contributed by atoms with Crippen LogP contribution in [0.1, 0.15) is 50.1 Å². The van der Waals surface area contributed by atoms with Gasteiger partial charge in [-0.15, -0.1) is 0 Å². The first-order chi connectivity index (χ1) is 19.7. The van der Waals surface area contributed by atoms with Crippen LogP contribution in [0.2, 0.25) is 0 Å². The number of halogens is 1. The van der Waals surface area contributed by atoms with E-state index in [0.29, 0.717) is 5.75 Å². The fourth-order valence-corrected chi connectivity index (χ4v) is 7.63. The van der Waals surface area contributed by atoms with Gasteiger partial charge in [-0.3, -0.25) is 0 Å². The summed E-state index contributed by atoms with van der Waals surface area (Å²) in [5.41, 5.74) is 8.89. The summed E-state index contributed by atoms with van der Waals surface area (Å²) < 4.78 is 23.6. The lowest BCUT2D eigenvalue weighted by Crippen LogP contribution is -2.38. The smallest absolute Gasteiger partial charge is 0.179 e. The first-order valence-electron chi connectivity index (χ1n) is 14.3. The van der Waals surface area contributed by atoms with Crippen molar-refractivity contribution >= 4 is 38.4 Å². The number of ether oxygens (including phenoxy) is 1. The van der Waals surface area contributed by atoms with Gasteiger partial charge >= 0.3 is 0 Å². The normalized spacial score (nSPS) is 14.0. The molecule has 2 heteroatoms. The molecule has 0 atom stereocenters. The predicted molar refractivity (Wildman–Crippen MR) is 171 cm³/mol. The highest BCUT2D eigenvalue weighted by molar-refractivity contribution is 6.27. The molecule has 6 aromatic rings. The van der Waals surface area contributed by atoms with E-state index in [1.54, 1.807) is 6.07 Å². The quantitative estimate of drug-likeness (QED) is 0.200. The molecule has 0 aromatic heterocycles. The van der Waals surface area contributed by atoms with Gasteiger partial charge in [-0.1, -0.05) is 83.9 Å². The van der Waals surface area contributed by atoms with E-state index in [9.17, 15) is 0 Å². The van der Waals surface area contributed by atoms with Gasteiger partial charge in [-0.2, -0.15) is 0 Å². The molecule has 0 spiro atoms. The summed E-state index contributed by atoms with van der Waals surface area (Å²) in [5, 5.41) is 6.36. The van der Waals surface area contributed by atoms with Crippen LogP contribution in [-0.4, -0.2) is 0 Å². The lowest BCUT2D eigenvalue weighted by Gasteiger charge is -2.40. The Morgan fingerprint density at radius 2 is 1.00 bits per heavy atom. The van der Waals surface area contributed by atoms with Crippen molar-refractivity contribution in [2.24, 2.45) is 0 Å². The zero-order chi connectivity index (χ0) is 28.6. The Hall–Kier alpha value is -4.43. The van der Waals surface area contributed by atoms with Crippen molar-refractivity contribution in [1.82, 2.24) is 0 Å². The standard InChI is InChI=1S/C39H33FO/c1-22-17-24(3)36(25(4)18-22)39(37-26(5)19-23(2)20-27(37)6)16-15-32-35-31-14-10-9-12-29(31)28-11-7-8-13-30(28)33(35)21-34(40)38(32)41-39/h7-21H,1-6H3. The molecule has 0 aliphatic carbocycles. The van der Waals surface area contributed by atoms with Gasteiger partial charge in [0.25, 0.3) is 0 Å². The van der Waals surface area contributed by atoms with Gasteiger partial charge in [-0.05, 0) is 109 Å². The zero-order valence-electron chi connectivity index (χ0n) is 24.4. The predicted octanol–water partition coefficient (Wildman–Crippen LogP) is 10.5. The van der Waals surface area contributed by atoms with Crippen molar-refractivity contribution in [2.75, 3.05) is 0 Å². The van der Waals surface area contributed by atoms with Crippen LogP contribution in [0.3, 0.4) is 0 Å². The Balaban J connectivity index is 1.62. The molecule has 7 rings (SSSR count). The largest absolute Gasteiger partial charge is 0.470 e. The molecule has 0 N–H and O–H groups in total. The van der Waals surface area contributed by atoms with Gasteiger partial charge in [0.2, 0.25) is 0 Å². The third-order valence-corrected chi connectivity index (χ3v) is 8.82. The molecule has 0 fully saturated rings. The molecule has 0 saturated carbocycles. The maximum atomic E-state index is 16.5. The summed E-state index contributed by atoms with van der Waals surface area (Å²) in [6.45, 7) is 12.8. The van der Waals surface area contributed by atoms with E-state index in [1.807, 2.05) is 12.1 Å². The van der Waals surface area contributed by atoms with Gasteiger partial charge in [0.15, 0.2) is 17.2 Å². The van der Waals surface area contributed by atoms with E-state index >= 15 is 4.39 Å². The average molecular weight is 537 g/mol. The number of hydrogen-bond donors (Lipinski definition) is 0. The van der Waals surface area contributed by atoms with Gasteiger partial charge in [0, 0.05) is 22.1 Å². The van der Waals surface area contributed by atoms with Crippen LogP contribution in [0.4, 0.5) is 4.39 Å². The summed E-state index contributed by atoms with van der Waals surface area (Å²) >= 11 is 0. The molecular formula is C39H33FO. The first-order valence-corrected chi connectivity index (χ1v) is 14.3. The average Bonchev–Trinajstić information content (AvgIpc) is 2.92. The fraction of sp³-hybridized carbons (Fsp3) is 0.179. The van der Waals surface area contributed by atoms with Crippen molar-refractivity contribution < 1.29 is 9.13 Å². The van der Waals surface area contributed by atoms with Crippen molar-refractivity contribution in [3.05, 3.63) is 141 Å². The minimum atomic E-state index is -0.974. The molecule has 6 aromatic carbocycles. The van der Waals surface area contributed by atoms with Gasteiger partial charge in [0.05, 0.1) is 0 Å². The Bertz CT molecular complexity index is 1990. The van der Waals surface area contributed by atoms with E-state index < -0.39 is 5.60 Å². The molecule has 0 saturated heterocycles. The van der Waals surface area contributed by atoms with Crippen molar-refractivity contribution in [1.29, 1.82) is 0 Å². The van der Waals surface area contributed by atoms with Crippen molar-refractivity contribution in [3.8, 4) is 5.75 Å². The van der Waals surface area contributed by atoms with Crippen LogP contribution in [-0.2, 0) is 5.60 Å². The van der Waals surface area contributed by atoms with E-state index in [2.05, 4.69) is 114 Å². The van der Waals surface area contributed by atoms with Gasteiger partial charge in [0.1, 0.15) is 0 Å². The molecule has 1 nitrogen and oxygen atoms in total. The second-order valence-electron chi connectivity index (χ2n) is 11.8. The molecule has 0 bridgehead atoms. The van der Waals surface area contributed by atoms with Crippen LogP contribution in [0.15, 0.2) is 84.9 Å². The number of hydrogen-bond acceptors (Lipinski definition) is 1. The molecule has 0 radical (unpaired) electrons.